The molecular formula is C22H27ClFN5O. The number of piperazine rings is 1. The number of carbonyl (C=O) groups is 1. The molecule has 6 nitrogen and oxygen atoms in total. The molecule has 0 unspecified atom stereocenters. The maximum atomic E-state index is 13.7. The highest BCUT2D eigenvalue weighted by Crippen LogP contribution is 2.37. The summed E-state index contributed by atoms with van der Waals surface area (Å²) in [7, 11) is 0. The number of amides is 1. The summed E-state index contributed by atoms with van der Waals surface area (Å²) in [6.45, 7) is 5.16. The number of halogens is 2. The molecule has 2 aliphatic rings. The van der Waals surface area contributed by atoms with E-state index in [4.69, 9.17) is 17.3 Å². The molecule has 2 aromatic rings. The van der Waals surface area contributed by atoms with Crippen molar-refractivity contribution < 1.29 is 9.18 Å². The third-order valence-electron chi connectivity index (χ3n) is 6.24. The molecule has 1 saturated heterocycles. The largest absolute Gasteiger partial charge is 0.353 e. The molecule has 8 heteroatoms. The maximum absolute atomic E-state index is 13.7. The van der Waals surface area contributed by atoms with Crippen LogP contribution in [0.5, 0.6) is 0 Å². The molecular weight excluding hydrogens is 405 g/mol. The SMILES string of the molecule is C[C@@H]1CCc2ncnc(N3CCN(C(=O)[C@H](CN)Cc4ccc(Cl)c(F)c4)CC3)c21. The Labute approximate surface area is 181 Å². The lowest BCUT2D eigenvalue weighted by atomic mass is 9.97. The Morgan fingerprint density at radius 3 is 2.77 bits per heavy atom. The van der Waals surface area contributed by atoms with Gasteiger partial charge in [-0.25, -0.2) is 14.4 Å². The molecule has 0 saturated carbocycles. The minimum atomic E-state index is -0.474. The first-order valence-corrected chi connectivity index (χ1v) is 10.9. The highest BCUT2D eigenvalue weighted by Gasteiger charge is 2.31. The molecule has 1 aliphatic heterocycles. The molecule has 1 amide bonds. The van der Waals surface area contributed by atoms with Gasteiger partial charge in [0.05, 0.1) is 10.9 Å². The second-order valence-corrected chi connectivity index (χ2v) is 8.60. The Hall–Kier alpha value is -2.25. The van der Waals surface area contributed by atoms with Crippen LogP contribution in [0.25, 0.3) is 0 Å². The van der Waals surface area contributed by atoms with Crippen LogP contribution >= 0.6 is 11.6 Å². The quantitative estimate of drug-likeness (QED) is 0.787. The fourth-order valence-corrected chi connectivity index (χ4v) is 4.61. The number of nitrogens with zero attached hydrogens (tertiary/aromatic N) is 4. The van der Waals surface area contributed by atoms with E-state index in [0.717, 1.165) is 43.0 Å². The molecule has 2 atom stereocenters. The van der Waals surface area contributed by atoms with Gasteiger partial charge in [-0.1, -0.05) is 24.6 Å². The summed E-state index contributed by atoms with van der Waals surface area (Å²) in [6, 6.07) is 4.65. The van der Waals surface area contributed by atoms with Crippen molar-refractivity contribution in [3.63, 3.8) is 0 Å². The number of nitrogens with two attached hydrogens (primary N) is 1. The van der Waals surface area contributed by atoms with E-state index < -0.39 is 5.82 Å². The van der Waals surface area contributed by atoms with Gasteiger partial charge >= 0.3 is 0 Å². The lowest BCUT2D eigenvalue weighted by Crippen LogP contribution is -2.52. The van der Waals surface area contributed by atoms with Gasteiger partial charge in [-0.2, -0.15) is 0 Å². The standard InChI is InChI=1S/C22H27ClFN5O/c1-14-2-5-19-20(14)21(27-13-26-19)28-6-8-29(9-7-28)22(30)16(12-25)10-15-3-4-17(23)18(24)11-15/h3-4,11,13-14,16H,2,5-10,12,25H2,1H3/t14-,16+/m1/s1. The lowest BCUT2D eigenvalue weighted by molar-refractivity contribution is -0.135. The fourth-order valence-electron chi connectivity index (χ4n) is 4.49. The van der Waals surface area contributed by atoms with Gasteiger partial charge in [0.2, 0.25) is 5.91 Å². The van der Waals surface area contributed by atoms with Gasteiger partial charge in [0, 0.05) is 44.0 Å². The Morgan fingerprint density at radius 2 is 2.07 bits per heavy atom. The van der Waals surface area contributed by atoms with Gasteiger partial charge < -0.3 is 15.5 Å². The molecule has 1 aromatic heterocycles. The van der Waals surface area contributed by atoms with E-state index in [0.29, 0.717) is 25.4 Å². The Morgan fingerprint density at radius 1 is 1.30 bits per heavy atom. The summed E-state index contributed by atoms with van der Waals surface area (Å²) >= 11 is 5.76. The number of hydrogen-bond acceptors (Lipinski definition) is 5. The summed E-state index contributed by atoms with van der Waals surface area (Å²) in [5.41, 5.74) is 9.05. The van der Waals surface area contributed by atoms with Crippen LogP contribution in [0.2, 0.25) is 5.02 Å². The van der Waals surface area contributed by atoms with Gasteiger partial charge in [-0.3, -0.25) is 4.79 Å². The number of anilines is 1. The normalized spacial score (nSPS) is 19.7. The number of rotatable bonds is 5. The number of carbonyl (C=O) groups excluding carboxylic acids is 1. The van der Waals surface area contributed by atoms with E-state index in [1.54, 1.807) is 12.4 Å². The number of aryl methyl sites for hydroxylation is 1. The molecule has 2 N–H and O–H groups in total. The molecule has 1 aliphatic carbocycles. The number of hydrogen-bond donors (Lipinski definition) is 1. The van der Waals surface area contributed by atoms with Crippen molar-refractivity contribution in [2.24, 2.45) is 11.7 Å². The smallest absolute Gasteiger partial charge is 0.227 e. The van der Waals surface area contributed by atoms with Gasteiger partial charge in [-0.15, -0.1) is 0 Å². The summed E-state index contributed by atoms with van der Waals surface area (Å²) in [4.78, 5) is 26.2. The predicted octanol–water partition coefficient (Wildman–Crippen LogP) is 2.79. The molecule has 2 heterocycles. The van der Waals surface area contributed by atoms with Crippen LogP contribution in [0.3, 0.4) is 0 Å². The number of benzene rings is 1. The zero-order valence-electron chi connectivity index (χ0n) is 17.2. The molecule has 1 aromatic carbocycles. The minimum absolute atomic E-state index is 0.0220. The van der Waals surface area contributed by atoms with Crippen LogP contribution in [0.4, 0.5) is 10.2 Å². The molecule has 1 fully saturated rings. The van der Waals surface area contributed by atoms with Crippen molar-refractivity contribution in [2.45, 2.75) is 32.1 Å². The Balaban J connectivity index is 1.40. The molecule has 0 bridgehead atoms. The van der Waals surface area contributed by atoms with Crippen molar-refractivity contribution in [1.29, 1.82) is 0 Å². The molecule has 0 spiro atoms. The van der Waals surface area contributed by atoms with Crippen molar-refractivity contribution in [2.75, 3.05) is 37.6 Å². The van der Waals surface area contributed by atoms with Gasteiger partial charge in [0.1, 0.15) is 18.0 Å². The zero-order chi connectivity index (χ0) is 21.3. The van der Waals surface area contributed by atoms with E-state index in [9.17, 15) is 9.18 Å². The average Bonchev–Trinajstić information content (AvgIpc) is 3.15. The third-order valence-corrected chi connectivity index (χ3v) is 6.55. The Kier molecular flexibility index (Phi) is 6.20. The second-order valence-electron chi connectivity index (χ2n) is 8.19. The molecule has 160 valence electrons. The lowest BCUT2D eigenvalue weighted by Gasteiger charge is -2.37. The Bertz CT molecular complexity index is 932. The topological polar surface area (TPSA) is 75.4 Å². The van der Waals surface area contributed by atoms with Crippen molar-refractivity contribution in [3.8, 4) is 0 Å². The van der Waals surface area contributed by atoms with E-state index in [1.165, 1.54) is 17.7 Å². The van der Waals surface area contributed by atoms with Crippen molar-refractivity contribution >= 4 is 23.3 Å². The summed E-state index contributed by atoms with van der Waals surface area (Å²) in [5, 5.41) is 0.0796. The molecule has 4 rings (SSSR count). The highest BCUT2D eigenvalue weighted by atomic mass is 35.5. The maximum Gasteiger partial charge on any atom is 0.227 e. The molecule has 30 heavy (non-hydrogen) atoms. The van der Waals surface area contributed by atoms with E-state index in [2.05, 4.69) is 21.8 Å². The first-order valence-electron chi connectivity index (χ1n) is 10.5. The van der Waals surface area contributed by atoms with Crippen LogP contribution in [-0.4, -0.2) is 53.5 Å². The number of fused-ring (bicyclic) bond motifs is 1. The van der Waals surface area contributed by atoms with Crippen LogP contribution in [0.15, 0.2) is 24.5 Å². The first kappa shape index (κ1) is 21.0. The fraction of sp³-hybridized carbons (Fsp3) is 0.500. The summed E-state index contributed by atoms with van der Waals surface area (Å²) in [5.74, 6) is 0.660. The van der Waals surface area contributed by atoms with Crippen LogP contribution in [-0.2, 0) is 17.6 Å². The van der Waals surface area contributed by atoms with Crippen molar-refractivity contribution in [3.05, 3.63) is 52.2 Å². The average molecular weight is 432 g/mol. The van der Waals surface area contributed by atoms with E-state index in [1.807, 2.05) is 4.90 Å². The van der Waals surface area contributed by atoms with Crippen LogP contribution in [0, 0.1) is 11.7 Å². The highest BCUT2D eigenvalue weighted by molar-refractivity contribution is 6.30. The minimum Gasteiger partial charge on any atom is -0.353 e. The van der Waals surface area contributed by atoms with E-state index in [-0.39, 0.29) is 23.4 Å². The first-order chi connectivity index (χ1) is 14.5. The van der Waals surface area contributed by atoms with Crippen LogP contribution < -0.4 is 10.6 Å². The summed E-state index contributed by atoms with van der Waals surface area (Å²) in [6.07, 6.45) is 4.18. The molecule has 0 radical (unpaired) electrons. The van der Waals surface area contributed by atoms with Gasteiger partial charge in [0.15, 0.2) is 0 Å². The van der Waals surface area contributed by atoms with Gasteiger partial charge in [0.25, 0.3) is 0 Å². The zero-order valence-corrected chi connectivity index (χ0v) is 17.9. The monoisotopic (exact) mass is 431 g/mol. The van der Waals surface area contributed by atoms with Crippen LogP contribution in [0.1, 0.15) is 36.1 Å². The second kappa shape index (κ2) is 8.86. The third kappa shape index (κ3) is 4.14. The van der Waals surface area contributed by atoms with Crippen molar-refractivity contribution in [1.82, 2.24) is 14.9 Å². The number of aromatic nitrogens is 2. The van der Waals surface area contributed by atoms with E-state index >= 15 is 0 Å². The van der Waals surface area contributed by atoms with Gasteiger partial charge in [-0.05, 0) is 42.9 Å². The summed E-state index contributed by atoms with van der Waals surface area (Å²) < 4.78 is 13.7. The predicted molar refractivity (Wildman–Crippen MR) is 115 cm³/mol.